The number of benzene rings is 1. The summed E-state index contributed by atoms with van der Waals surface area (Å²) in [7, 11) is 0. The molecule has 3 heterocycles. The van der Waals surface area contributed by atoms with Crippen molar-refractivity contribution < 1.29 is 9.59 Å². The smallest absolute Gasteiger partial charge is 0.319 e. The molecule has 1 aromatic heterocycles. The number of hydrogen-bond acceptors (Lipinski definition) is 3. The molecule has 0 saturated carbocycles. The highest BCUT2D eigenvalue weighted by Crippen LogP contribution is 2.26. The summed E-state index contributed by atoms with van der Waals surface area (Å²) in [5.74, 6) is -0.00746. The van der Waals surface area contributed by atoms with Gasteiger partial charge in [-0.25, -0.2) is 9.78 Å². The Kier molecular flexibility index (Phi) is 2.85. The summed E-state index contributed by atoms with van der Waals surface area (Å²) in [6.07, 6.45) is 5.42. The molecule has 1 fully saturated rings. The van der Waals surface area contributed by atoms with E-state index in [1.54, 1.807) is 23.5 Å². The van der Waals surface area contributed by atoms with E-state index in [1.165, 1.54) is 0 Å². The van der Waals surface area contributed by atoms with Gasteiger partial charge in [-0.1, -0.05) is 6.07 Å². The first-order valence-corrected chi connectivity index (χ1v) is 7.15. The number of urea groups is 1. The SMILES string of the molecule is O=C1NCc2ccc(C(=O)N3CC(n4ccnc4)C3)cc2N1. The second kappa shape index (κ2) is 4.87. The summed E-state index contributed by atoms with van der Waals surface area (Å²) in [6.45, 7) is 1.85. The van der Waals surface area contributed by atoms with E-state index in [1.807, 2.05) is 22.9 Å². The van der Waals surface area contributed by atoms with E-state index >= 15 is 0 Å². The Balaban J connectivity index is 1.48. The molecule has 22 heavy (non-hydrogen) atoms. The number of rotatable bonds is 2. The Morgan fingerprint density at radius 3 is 2.95 bits per heavy atom. The van der Waals surface area contributed by atoms with Gasteiger partial charge in [-0.15, -0.1) is 0 Å². The molecule has 3 amide bonds. The van der Waals surface area contributed by atoms with Gasteiger partial charge in [0.05, 0.1) is 12.4 Å². The van der Waals surface area contributed by atoms with Crippen LogP contribution >= 0.6 is 0 Å². The average molecular weight is 297 g/mol. The monoisotopic (exact) mass is 297 g/mol. The highest BCUT2D eigenvalue weighted by molar-refractivity contribution is 5.98. The number of nitrogens with zero attached hydrogens (tertiary/aromatic N) is 3. The van der Waals surface area contributed by atoms with E-state index in [-0.39, 0.29) is 11.9 Å². The number of anilines is 1. The van der Waals surface area contributed by atoms with Crippen LogP contribution in [0.25, 0.3) is 0 Å². The molecule has 2 N–H and O–H groups in total. The lowest BCUT2D eigenvalue weighted by Gasteiger charge is -2.40. The first kappa shape index (κ1) is 12.9. The number of carbonyl (C=O) groups is 2. The zero-order valence-corrected chi connectivity index (χ0v) is 11.8. The van der Waals surface area contributed by atoms with Crippen LogP contribution in [0.5, 0.6) is 0 Å². The summed E-state index contributed by atoms with van der Waals surface area (Å²) in [5, 5.41) is 5.43. The highest BCUT2D eigenvalue weighted by Gasteiger charge is 2.32. The van der Waals surface area contributed by atoms with Gasteiger partial charge in [-0.2, -0.15) is 0 Å². The van der Waals surface area contributed by atoms with Crippen molar-refractivity contribution in [3.05, 3.63) is 48.0 Å². The molecule has 2 aliphatic heterocycles. The lowest BCUT2D eigenvalue weighted by Crippen LogP contribution is -2.50. The number of imidazole rings is 1. The van der Waals surface area contributed by atoms with Crippen LogP contribution in [0.15, 0.2) is 36.9 Å². The average Bonchev–Trinajstić information content (AvgIpc) is 2.98. The van der Waals surface area contributed by atoms with Crippen LogP contribution in [0.4, 0.5) is 10.5 Å². The molecule has 4 rings (SSSR count). The van der Waals surface area contributed by atoms with Crippen LogP contribution in [0.3, 0.4) is 0 Å². The van der Waals surface area contributed by atoms with Crippen LogP contribution in [-0.4, -0.2) is 39.5 Å². The molecule has 0 aliphatic carbocycles. The van der Waals surface area contributed by atoms with Crippen LogP contribution in [0.1, 0.15) is 22.0 Å². The van der Waals surface area contributed by atoms with Crippen molar-refractivity contribution in [1.29, 1.82) is 0 Å². The van der Waals surface area contributed by atoms with E-state index in [4.69, 9.17) is 0 Å². The maximum Gasteiger partial charge on any atom is 0.319 e. The second-order valence-electron chi connectivity index (χ2n) is 5.55. The van der Waals surface area contributed by atoms with Crippen molar-refractivity contribution in [2.75, 3.05) is 18.4 Å². The quantitative estimate of drug-likeness (QED) is 0.874. The minimum atomic E-state index is -0.235. The number of aromatic nitrogens is 2. The fourth-order valence-electron chi connectivity index (χ4n) is 2.80. The van der Waals surface area contributed by atoms with E-state index < -0.39 is 0 Å². The molecule has 7 nitrogen and oxygen atoms in total. The second-order valence-corrected chi connectivity index (χ2v) is 5.55. The van der Waals surface area contributed by atoms with E-state index in [0.29, 0.717) is 36.9 Å². The molecule has 0 radical (unpaired) electrons. The zero-order chi connectivity index (χ0) is 15.1. The lowest BCUT2D eigenvalue weighted by molar-refractivity contribution is 0.0520. The molecule has 0 atom stereocenters. The number of fused-ring (bicyclic) bond motifs is 1. The number of nitrogens with one attached hydrogen (secondary N) is 2. The highest BCUT2D eigenvalue weighted by atomic mass is 16.2. The third-order valence-electron chi connectivity index (χ3n) is 4.14. The number of hydrogen-bond donors (Lipinski definition) is 2. The van der Waals surface area contributed by atoms with Crippen molar-refractivity contribution in [3.63, 3.8) is 0 Å². The van der Waals surface area contributed by atoms with E-state index in [2.05, 4.69) is 15.6 Å². The predicted octanol–water partition coefficient (Wildman–Crippen LogP) is 1.22. The minimum Gasteiger partial charge on any atom is -0.334 e. The molecule has 2 aliphatic rings. The lowest BCUT2D eigenvalue weighted by atomic mass is 10.0. The fraction of sp³-hybridized carbons (Fsp3) is 0.267. The summed E-state index contributed by atoms with van der Waals surface area (Å²) >= 11 is 0. The van der Waals surface area contributed by atoms with Crippen LogP contribution in [0, 0.1) is 0 Å². The summed E-state index contributed by atoms with van der Waals surface area (Å²) in [5.41, 5.74) is 2.29. The number of carbonyl (C=O) groups excluding carboxylic acids is 2. The molecular weight excluding hydrogens is 282 g/mol. The Morgan fingerprint density at radius 2 is 2.18 bits per heavy atom. The Hall–Kier alpha value is -2.83. The summed E-state index contributed by atoms with van der Waals surface area (Å²) < 4.78 is 2.02. The summed E-state index contributed by atoms with van der Waals surface area (Å²) in [6, 6.07) is 5.50. The van der Waals surface area contributed by atoms with Crippen LogP contribution in [0.2, 0.25) is 0 Å². The van der Waals surface area contributed by atoms with Gasteiger partial charge in [-0.05, 0) is 17.7 Å². The maximum absolute atomic E-state index is 12.5. The first-order valence-electron chi connectivity index (χ1n) is 7.15. The van der Waals surface area contributed by atoms with Crippen molar-refractivity contribution in [2.24, 2.45) is 0 Å². The van der Waals surface area contributed by atoms with Crippen LogP contribution < -0.4 is 10.6 Å². The standard InChI is InChI=1S/C15H15N5O2/c21-14(20-7-12(8-20)19-4-3-16-9-19)10-1-2-11-6-17-15(22)18-13(11)5-10/h1-5,9,12H,6-8H2,(H2,17,18,22). The molecule has 112 valence electrons. The van der Waals surface area contributed by atoms with Crippen molar-refractivity contribution >= 4 is 17.6 Å². The maximum atomic E-state index is 12.5. The van der Waals surface area contributed by atoms with Crippen molar-refractivity contribution in [3.8, 4) is 0 Å². The van der Waals surface area contributed by atoms with Gasteiger partial charge in [0.15, 0.2) is 0 Å². The predicted molar refractivity (Wildman–Crippen MR) is 79.5 cm³/mol. The van der Waals surface area contributed by atoms with E-state index in [9.17, 15) is 9.59 Å². The van der Waals surface area contributed by atoms with Gasteiger partial charge in [0, 0.05) is 43.3 Å². The van der Waals surface area contributed by atoms with Gasteiger partial charge in [0.25, 0.3) is 5.91 Å². The topological polar surface area (TPSA) is 79.3 Å². The third-order valence-corrected chi connectivity index (χ3v) is 4.14. The first-order chi connectivity index (χ1) is 10.7. The van der Waals surface area contributed by atoms with Gasteiger partial charge in [0.1, 0.15) is 0 Å². The van der Waals surface area contributed by atoms with Gasteiger partial charge in [0.2, 0.25) is 0 Å². The van der Waals surface area contributed by atoms with Gasteiger partial charge >= 0.3 is 6.03 Å². The molecule has 1 saturated heterocycles. The fourth-order valence-corrected chi connectivity index (χ4v) is 2.80. The minimum absolute atomic E-state index is 0.00746. The molecule has 1 aromatic carbocycles. The normalized spacial score (nSPS) is 17.3. The molecular formula is C15H15N5O2. The van der Waals surface area contributed by atoms with Crippen molar-refractivity contribution in [2.45, 2.75) is 12.6 Å². The molecule has 0 spiro atoms. The number of likely N-dealkylation sites (tertiary alicyclic amines) is 1. The largest absolute Gasteiger partial charge is 0.334 e. The third kappa shape index (κ3) is 2.11. The molecule has 7 heteroatoms. The molecule has 0 unspecified atom stereocenters. The van der Waals surface area contributed by atoms with Crippen molar-refractivity contribution in [1.82, 2.24) is 19.8 Å². The van der Waals surface area contributed by atoms with Gasteiger partial charge < -0.3 is 20.1 Å². The molecule has 0 bridgehead atoms. The Labute approximate surface area is 126 Å². The number of amides is 3. The summed E-state index contributed by atoms with van der Waals surface area (Å²) in [4.78, 5) is 29.7. The Morgan fingerprint density at radius 1 is 1.32 bits per heavy atom. The van der Waals surface area contributed by atoms with E-state index in [0.717, 1.165) is 5.56 Å². The van der Waals surface area contributed by atoms with Gasteiger partial charge in [-0.3, -0.25) is 4.79 Å². The van der Waals surface area contributed by atoms with Crippen LogP contribution in [-0.2, 0) is 6.54 Å². The zero-order valence-electron chi connectivity index (χ0n) is 11.8. The molecule has 2 aromatic rings. The Bertz CT molecular complexity index is 734.